The van der Waals surface area contributed by atoms with E-state index in [-0.39, 0.29) is 5.78 Å². The topological polar surface area (TPSA) is 54.4 Å². The molecule has 1 aromatic carbocycles. The molecule has 17 heavy (non-hydrogen) atoms. The highest BCUT2D eigenvalue weighted by molar-refractivity contribution is 6.30. The maximum atomic E-state index is 11.2. The maximum absolute atomic E-state index is 11.2. The van der Waals surface area contributed by atoms with Crippen LogP contribution in [0.15, 0.2) is 35.9 Å². The summed E-state index contributed by atoms with van der Waals surface area (Å²) in [5.74, 6) is -1.96. The van der Waals surface area contributed by atoms with Gasteiger partial charge in [0.05, 0.1) is 0 Å². The van der Waals surface area contributed by atoms with Crippen LogP contribution in [0.3, 0.4) is 0 Å². The summed E-state index contributed by atoms with van der Waals surface area (Å²) in [4.78, 5) is 22.2. The zero-order valence-electron chi connectivity index (χ0n) is 9.61. The second-order valence-electron chi connectivity index (χ2n) is 3.82. The van der Waals surface area contributed by atoms with E-state index >= 15 is 0 Å². The summed E-state index contributed by atoms with van der Waals surface area (Å²) in [7, 11) is 0. The van der Waals surface area contributed by atoms with Gasteiger partial charge in [-0.2, -0.15) is 0 Å². The summed E-state index contributed by atoms with van der Waals surface area (Å²) >= 11 is 5.74. The van der Waals surface area contributed by atoms with E-state index in [4.69, 9.17) is 11.6 Å². The van der Waals surface area contributed by atoms with Gasteiger partial charge in [0.15, 0.2) is 5.78 Å². The summed E-state index contributed by atoms with van der Waals surface area (Å²) in [6, 6.07) is 6.57. The zero-order valence-corrected chi connectivity index (χ0v) is 10.4. The number of rotatable bonds is 4. The van der Waals surface area contributed by atoms with E-state index in [2.05, 4.69) is 0 Å². The van der Waals surface area contributed by atoms with Crippen LogP contribution in [-0.4, -0.2) is 16.9 Å². The van der Waals surface area contributed by atoms with Crippen molar-refractivity contribution < 1.29 is 14.7 Å². The number of carboxylic acid groups (broad SMARTS) is 1. The van der Waals surface area contributed by atoms with Crippen LogP contribution in [0.25, 0.3) is 0 Å². The summed E-state index contributed by atoms with van der Waals surface area (Å²) in [6.45, 7) is 3.03. The summed E-state index contributed by atoms with van der Waals surface area (Å²) in [5, 5.41) is 9.74. The van der Waals surface area contributed by atoms with Crippen LogP contribution in [0.2, 0.25) is 5.02 Å². The molecule has 0 spiro atoms. The minimum Gasteiger partial charge on any atom is -0.481 e. The number of hydrogen-bond acceptors (Lipinski definition) is 2. The van der Waals surface area contributed by atoms with Crippen molar-refractivity contribution in [3.63, 3.8) is 0 Å². The maximum Gasteiger partial charge on any atom is 0.315 e. The molecule has 1 unspecified atom stereocenters. The van der Waals surface area contributed by atoms with Crippen molar-refractivity contribution in [2.45, 2.75) is 19.8 Å². The lowest BCUT2D eigenvalue weighted by Crippen LogP contribution is -2.13. The third-order valence-electron chi connectivity index (χ3n) is 2.34. The molecule has 4 heteroatoms. The largest absolute Gasteiger partial charge is 0.481 e. The van der Waals surface area contributed by atoms with Gasteiger partial charge >= 0.3 is 5.97 Å². The van der Waals surface area contributed by atoms with Crippen molar-refractivity contribution in [1.82, 2.24) is 0 Å². The molecular weight excluding hydrogens is 240 g/mol. The van der Waals surface area contributed by atoms with Crippen LogP contribution in [-0.2, 0) is 9.59 Å². The minimum absolute atomic E-state index is 0.164. The number of benzene rings is 1. The van der Waals surface area contributed by atoms with Crippen LogP contribution in [0.5, 0.6) is 0 Å². The van der Waals surface area contributed by atoms with Crippen molar-refractivity contribution in [1.29, 1.82) is 0 Å². The number of ketones is 1. The SMILES string of the molecule is CC(=O)/C=C(\C)C(C(=O)O)c1ccc(Cl)cc1. The Hall–Kier alpha value is -1.61. The Morgan fingerprint density at radius 1 is 1.24 bits per heavy atom. The average molecular weight is 253 g/mol. The first-order chi connectivity index (χ1) is 7.91. The number of aliphatic carboxylic acids is 1. The van der Waals surface area contributed by atoms with E-state index in [1.54, 1.807) is 31.2 Å². The van der Waals surface area contributed by atoms with Crippen LogP contribution < -0.4 is 0 Å². The highest BCUT2D eigenvalue weighted by Crippen LogP contribution is 2.25. The number of allylic oxidation sites excluding steroid dienone is 1. The van der Waals surface area contributed by atoms with E-state index in [1.165, 1.54) is 13.0 Å². The monoisotopic (exact) mass is 252 g/mol. The van der Waals surface area contributed by atoms with Gasteiger partial charge in [0.2, 0.25) is 0 Å². The molecule has 0 heterocycles. The molecule has 0 aliphatic carbocycles. The van der Waals surface area contributed by atoms with E-state index in [9.17, 15) is 14.7 Å². The van der Waals surface area contributed by atoms with Gasteiger partial charge in [-0.05, 0) is 37.6 Å². The second kappa shape index (κ2) is 5.64. The zero-order chi connectivity index (χ0) is 13.0. The quantitative estimate of drug-likeness (QED) is 0.838. The molecule has 1 atom stereocenters. The molecule has 0 amide bonds. The smallest absolute Gasteiger partial charge is 0.315 e. The normalized spacial score (nSPS) is 13.2. The Morgan fingerprint density at radius 3 is 2.18 bits per heavy atom. The fourth-order valence-electron chi connectivity index (χ4n) is 1.66. The Labute approximate surface area is 105 Å². The van der Waals surface area contributed by atoms with Crippen molar-refractivity contribution in [2.24, 2.45) is 0 Å². The van der Waals surface area contributed by atoms with Gasteiger partial charge in [0.25, 0.3) is 0 Å². The van der Waals surface area contributed by atoms with Gasteiger partial charge in [0.1, 0.15) is 5.92 Å². The first kappa shape index (κ1) is 13.5. The Kier molecular flexibility index (Phi) is 4.46. The molecule has 0 radical (unpaired) electrons. The lowest BCUT2D eigenvalue weighted by Gasteiger charge is -2.13. The van der Waals surface area contributed by atoms with Gasteiger partial charge < -0.3 is 5.11 Å². The van der Waals surface area contributed by atoms with Crippen molar-refractivity contribution >= 4 is 23.4 Å². The number of carbonyl (C=O) groups excluding carboxylic acids is 1. The number of halogens is 1. The van der Waals surface area contributed by atoms with Gasteiger partial charge in [-0.15, -0.1) is 0 Å². The van der Waals surface area contributed by atoms with E-state index in [1.807, 2.05) is 0 Å². The molecule has 0 aromatic heterocycles. The lowest BCUT2D eigenvalue weighted by atomic mass is 9.91. The van der Waals surface area contributed by atoms with E-state index in [0.29, 0.717) is 16.2 Å². The van der Waals surface area contributed by atoms with E-state index in [0.717, 1.165) is 0 Å². The molecule has 0 saturated heterocycles. The molecule has 0 fully saturated rings. The predicted octanol–water partition coefficient (Wildman–Crippen LogP) is 3.04. The van der Waals surface area contributed by atoms with E-state index < -0.39 is 11.9 Å². The highest BCUT2D eigenvalue weighted by Gasteiger charge is 2.21. The first-order valence-corrected chi connectivity index (χ1v) is 5.46. The predicted molar refractivity (Wildman–Crippen MR) is 66.3 cm³/mol. The standard InChI is InChI=1S/C13H13ClO3/c1-8(7-9(2)15)12(13(16)17)10-3-5-11(14)6-4-10/h3-7,12H,1-2H3,(H,16,17)/b8-7+. The Balaban J connectivity index is 3.14. The molecule has 1 N–H and O–H groups in total. The van der Waals surface area contributed by atoms with Crippen molar-refractivity contribution in [3.05, 3.63) is 46.5 Å². The Bertz CT molecular complexity index is 460. The molecule has 0 aliphatic rings. The number of carbonyl (C=O) groups is 2. The van der Waals surface area contributed by atoms with Crippen LogP contribution in [0, 0.1) is 0 Å². The molecule has 3 nitrogen and oxygen atoms in total. The van der Waals surface area contributed by atoms with Crippen LogP contribution >= 0.6 is 11.6 Å². The fraction of sp³-hybridized carbons (Fsp3) is 0.231. The third kappa shape index (κ3) is 3.71. The molecule has 0 saturated carbocycles. The molecule has 0 bridgehead atoms. The summed E-state index contributed by atoms with van der Waals surface area (Å²) in [6.07, 6.45) is 1.34. The molecule has 90 valence electrons. The van der Waals surface area contributed by atoms with Crippen LogP contribution in [0.1, 0.15) is 25.3 Å². The summed E-state index contributed by atoms with van der Waals surface area (Å²) in [5.41, 5.74) is 1.12. The lowest BCUT2D eigenvalue weighted by molar-refractivity contribution is -0.137. The minimum atomic E-state index is -0.984. The Morgan fingerprint density at radius 2 is 1.76 bits per heavy atom. The average Bonchev–Trinajstić information content (AvgIpc) is 2.19. The molecule has 0 aliphatic heterocycles. The van der Waals surface area contributed by atoms with Crippen molar-refractivity contribution in [2.75, 3.05) is 0 Å². The molecular formula is C13H13ClO3. The first-order valence-electron chi connectivity index (χ1n) is 5.09. The molecule has 1 aromatic rings. The van der Waals surface area contributed by atoms with Gasteiger partial charge in [0, 0.05) is 5.02 Å². The highest BCUT2D eigenvalue weighted by atomic mass is 35.5. The summed E-state index contributed by atoms with van der Waals surface area (Å²) < 4.78 is 0. The molecule has 1 rings (SSSR count). The fourth-order valence-corrected chi connectivity index (χ4v) is 1.79. The van der Waals surface area contributed by atoms with Crippen LogP contribution in [0.4, 0.5) is 0 Å². The van der Waals surface area contributed by atoms with Crippen molar-refractivity contribution in [3.8, 4) is 0 Å². The van der Waals surface area contributed by atoms with Gasteiger partial charge in [-0.3, -0.25) is 9.59 Å². The number of hydrogen-bond donors (Lipinski definition) is 1. The second-order valence-corrected chi connectivity index (χ2v) is 4.26. The van der Waals surface area contributed by atoms with Gasteiger partial charge in [-0.25, -0.2) is 0 Å². The third-order valence-corrected chi connectivity index (χ3v) is 2.59. The number of carboxylic acids is 1. The van der Waals surface area contributed by atoms with Gasteiger partial charge in [-0.1, -0.05) is 29.3 Å².